The van der Waals surface area contributed by atoms with Gasteiger partial charge in [0.2, 0.25) is 0 Å². The van der Waals surface area contributed by atoms with E-state index in [0.29, 0.717) is 0 Å². The maximum Gasteiger partial charge on any atom is 0.186 e. The number of phenolic OH excluding ortho intramolecular Hbond substituents is 1. The highest BCUT2D eigenvalue weighted by atomic mass is 19.1. The number of aliphatic imine (C=N–C) groups is 1. The minimum Gasteiger partial charge on any atom is -0.505 e. The second-order valence-electron chi connectivity index (χ2n) is 2.96. The zero-order valence-electron chi connectivity index (χ0n) is 7.89. The fourth-order valence-electron chi connectivity index (χ4n) is 1.08. The number of hydrogen-bond acceptors (Lipinski definition) is 3. The maximum absolute atomic E-state index is 13.3. The van der Waals surface area contributed by atoms with Crippen LogP contribution in [0.3, 0.4) is 0 Å². The Labute approximate surface area is 85.9 Å². The van der Waals surface area contributed by atoms with Crippen molar-refractivity contribution in [1.82, 2.24) is 0 Å². The second kappa shape index (κ2) is 4.61. The number of aromatic hydroxyl groups is 1. The predicted molar refractivity (Wildman–Crippen MR) is 53.7 cm³/mol. The monoisotopic (exact) mass is 211 g/mol. The van der Waals surface area contributed by atoms with Gasteiger partial charge in [-0.3, -0.25) is 4.99 Å². The smallest absolute Gasteiger partial charge is 0.186 e. The summed E-state index contributed by atoms with van der Waals surface area (Å²) < 4.78 is 13.3. The molecular weight excluding hydrogens is 199 g/mol. The summed E-state index contributed by atoms with van der Waals surface area (Å²) in [7, 11) is 0. The third kappa shape index (κ3) is 2.81. The molecule has 1 aromatic carbocycles. The van der Waals surface area contributed by atoms with Crippen LogP contribution in [0.15, 0.2) is 23.2 Å². The molecule has 0 amide bonds. The minimum absolute atomic E-state index is 0.0417. The summed E-state index contributed by atoms with van der Waals surface area (Å²) in [5.74, 6) is -1.57. The summed E-state index contributed by atoms with van der Waals surface area (Å²) in [6, 6.07) is 3.96. The molecule has 6 N–H and O–H groups in total. The lowest BCUT2D eigenvalue weighted by molar-refractivity contribution is 0.181. The Morgan fingerprint density at radius 1 is 1.47 bits per heavy atom. The maximum atomic E-state index is 13.3. The zero-order valence-corrected chi connectivity index (χ0v) is 7.89. The molecule has 0 saturated carbocycles. The van der Waals surface area contributed by atoms with Crippen LogP contribution in [0, 0.1) is 5.82 Å². The highest BCUT2D eigenvalue weighted by Crippen LogP contribution is 2.24. The minimum atomic E-state index is -1.18. The van der Waals surface area contributed by atoms with E-state index >= 15 is 0 Å². The molecule has 0 fully saturated rings. The largest absolute Gasteiger partial charge is 0.505 e. The zero-order chi connectivity index (χ0) is 11.4. The number of phenols is 1. The van der Waals surface area contributed by atoms with Crippen LogP contribution in [0.2, 0.25) is 0 Å². The normalized spacial score (nSPS) is 12.1. The first-order valence-corrected chi connectivity index (χ1v) is 4.23. The van der Waals surface area contributed by atoms with Gasteiger partial charge in [0, 0.05) is 5.56 Å². The third-order valence-corrected chi connectivity index (χ3v) is 1.81. The molecule has 1 aromatic rings. The number of rotatable bonds is 3. The Balaban J connectivity index is 2.87. The van der Waals surface area contributed by atoms with E-state index in [9.17, 15) is 9.50 Å². The van der Waals surface area contributed by atoms with Gasteiger partial charge in [0.05, 0.1) is 6.54 Å². The first-order chi connectivity index (χ1) is 7.02. The molecule has 0 aliphatic rings. The van der Waals surface area contributed by atoms with E-state index in [0.717, 1.165) is 0 Å². The Kier molecular flexibility index (Phi) is 3.46. The van der Waals surface area contributed by atoms with E-state index in [1.165, 1.54) is 18.2 Å². The first-order valence-electron chi connectivity index (χ1n) is 4.23. The topological polar surface area (TPSA) is 105 Å². The summed E-state index contributed by atoms with van der Waals surface area (Å²) in [6.07, 6.45) is -1.18. The fraction of sp³-hybridized carbons (Fsp3) is 0.222. The van der Waals surface area contributed by atoms with Gasteiger partial charge in [0.25, 0.3) is 0 Å². The van der Waals surface area contributed by atoms with Gasteiger partial charge in [-0.15, -0.1) is 0 Å². The molecule has 0 spiro atoms. The molecule has 0 radical (unpaired) electrons. The Morgan fingerprint density at radius 2 is 2.13 bits per heavy atom. The molecule has 0 aromatic heterocycles. The van der Waals surface area contributed by atoms with Crippen LogP contribution < -0.4 is 11.5 Å². The first kappa shape index (κ1) is 11.3. The number of nitrogens with two attached hydrogens (primary N) is 2. The van der Waals surface area contributed by atoms with Crippen LogP contribution in [0.5, 0.6) is 5.75 Å². The van der Waals surface area contributed by atoms with Gasteiger partial charge in [-0.2, -0.15) is 0 Å². The van der Waals surface area contributed by atoms with Crippen molar-refractivity contribution in [1.29, 1.82) is 0 Å². The van der Waals surface area contributed by atoms with Gasteiger partial charge in [-0.25, -0.2) is 4.39 Å². The molecule has 1 unspecified atom stereocenters. The molecule has 1 atom stereocenters. The van der Waals surface area contributed by atoms with Crippen LogP contribution in [0.25, 0.3) is 0 Å². The van der Waals surface area contributed by atoms with Crippen molar-refractivity contribution >= 4 is 5.96 Å². The van der Waals surface area contributed by atoms with Crippen LogP contribution in [0.4, 0.5) is 4.39 Å². The van der Waals surface area contributed by atoms with Crippen molar-refractivity contribution in [3.8, 4) is 5.75 Å². The van der Waals surface area contributed by atoms with Crippen molar-refractivity contribution < 1.29 is 14.6 Å². The number of halogens is 1. The summed E-state index contributed by atoms with van der Waals surface area (Å²) in [6.45, 7) is -0.150. The number of aliphatic hydroxyl groups is 1. The van der Waals surface area contributed by atoms with Gasteiger partial charge in [-0.1, -0.05) is 12.1 Å². The fourth-order valence-corrected chi connectivity index (χ4v) is 1.08. The van der Waals surface area contributed by atoms with Gasteiger partial charge in [-0.05, 0) is 6.07 Å². The van der Waals surface area contributed by atoms with Crippen molar-refractivity contribution in [3.05, 3.63) is 29.6 Å². The van der Waals surface area contributed by atoms with Crippen LogP contribution >= 0.6 is 0 Å². The standard InChI is InChI=1S/C9H12FN3O2/c10-8-5(2-1-3-6(8)14)7(15)4-13-9(11)12/h1-3,7,14-15H,4H2,(H4,11,12,13)/i4-1,7-1. The highest BCUT2D eigenvalue weighted by Gasteiger charge is 2.14. The molecular formula is C9H12FN3O2. The molecule has 0 heterocycles. The van der Waals surface area contributed by atoms with Crippen LogP contribution in [-0.2, 0) is 0 Å². The van der Waals surface area contributed by atoms with Crippen molar-refractivity contribution in [2.75, 3.05) is 6.54 Å². The van der Waals surface area contributed by atoms with Gasteiger partial charge >= 0.3 is 0 Å². The van der Waals surface area contributed by atoms with Crippen LogP contribution in [-0.4, -0.2) is 22.7 Å². The predicted octanol–water partition coefficient (Wildman–Crippen LogP) is -0.162. The summed E-state index contributed by atoms with van der Waals surface area (Å²) >= 11 is 0. The number of guanidine groups is 1. The molecule has 6 heteroatoms. The van der Waals surface area contributed by atoms with E-state index < -0.39 is 17.7 Å². The third-order valence-electron chi connectivity index (χ3n) is 1.81. The Morgan fingerprint density at radius 3 is 2.73 bits per heavy atom. The molecule has 15 heavy (non-hydrogen) atoms. The SMILES string of the molecule is NC(N)=N[11CH2][11CH](O)c1cccc(O)c1F. The van der Waals surface area contributed by atoms with Crippen molar-refractivity contribution in [3.63, 3.8) is 0 Å². The summed E-state index contributed by atoms with van der Waals surface area (Å²) in [5.41, 5.74) is 10.1. The quantitative estimate of drug-likeness (QED) is 0.411. The summed E-state index contributed by atoms with van der Waals surface area (Å²) in [5, 5.41) is 18.6. The lowest BCUT2D eigenvalue weighted by Crippen LogP contribution is -2.23. The Hall–Kier alpha value is -1.82. The number of hydrogen-bond donors (Lipinski definition) is 4. The van der Waals surface area contributed by atoms with Crippen molar-refractivity contribution in [2.24, 2.45) is 16.5 Å². The highest BCUT2D eigenvalue weighted by molar-refractivity contribution is 5.75. The lowest BCUT2D eigenvalue weighted by atomic mass is 9.52. The molecule has 0 aliphatic heterocycles. The number of benzene rings is 1. The molecule has 0 aliphatic carbocycles. The second-order valence-corrected chi connectivity index (χ2v) is 2.96. The van der Waals surface area contributed by atoms with Gasteiger partial charge in [0.1, 0.15) is 6.10 Å². The van der Waals surface area contributed by atoms with E-state index in [-0.39, 0.29) is 18.1 Å². The molecule has 5 nitrogen and oxygen atoms in total. The lowest BCUT2D eigenvalue weighted by Gasteiger charge is -2.09. The molecule has 1 rings (SSSR count). The van der Waals surface area contributed by atoms with Gasteiger partial charge < -0.3 is 21.7 Å². The number of aliphatic hydroxyl groups excluding tert-OH is 1. The molecule has 0 saturated heterocycles. The molecule has 0 bridgehead atoms. The summed E-state index contributed by atoms with van der Waals surface area (Å²) in [4.78, 5) is 3.55. The van der Waals surface area contributed by atoms with E-state index in [4.69, 9.17) is 16.6 Å². The van der Waals surface area contributed by atoms with Crippen molar-refractivity contribution in [2.45, 2.75) is 6.10 Å². The van der Waals surface area contributed by atoms with E-state index in [1.54, 1.807) is 0 Å². The van der Waals surface area contributed by atoms with E-state index in [1.807, 2.05) is 0 Å². The number of nitrogens with zero attached hydrogens (tertiary/aromatic N) is 1. The van der Waals surface area contributed by atoms with Crippen LogP contribution in [0.1, 0.15) is 11.7 Å². The Bertz CT molecular complexity index is 378. The van der Waals surface area contributed by atoms with Gasteiger partial charge in [0.15, 0.2) is 17.5 Å². The van der Waals surface area contributed by atoms with E-state index in [2.05, 4.69) is 4.99 Å². The molecule has 82 valence electrons. The average molecular weight is 211 g/mol. The average Bonchev–Trinajstić information content (AvgIpc) is 2.18.